The molecule has 0 radical (unpaired) electrons. The second kappa shape index (κ2) is 6.45. The fraction of sp³-hybridized carbons (Fsp3) is 0.846. The molecule has 0 saturated carbocycles. The summed E-state index contributed by atoms with van der Waals surface area (Å²) in [6.07, 6.45) is 6.62. The van der Waals surface area contributed by atoms with Gasteiger partial charge < -0.3 is 9.53 Å². The third-order valence-corrected chi connectivity index (χ3v) is 7.60. The zero-order valence-electron chi connectivity index (χ0n) is 11.7. The Morgan fingerprint density at radius 1 is 1.31 bits per heavy atom. The van der Waals surface area contributed by atoms with Crippen molar-refractivity contribution in [1.82, 2.24) is 0 Å². The first-order valence-corrected chi connectivity index (χ1v) is 9.08. The van der Waals surface area contributed by atoms with E-state index >= 15 is 0 Å². The third kappa shape index (κ3) is 6.33. The van der Waals surface area contributed by atoms with Crippen LogP contribution in [0, 0.1) is 0 Å². The quantitative estimate of drug-likeness (QED) is 0.433. The molecule has 0 aromatic carbocycles. The maximum Gasteiger partial charge on any atom is 0.249 e. The van der Waals surface area contributed by atoms with Gasteiger partial charge in [-0.05, 0) is 44.3 Å². The first-order chi connectivity index (χ1) is 7.17. The van der Waals surface area contributed by atoms with Crippen LogP contribution in [0.4, 0.5) is 0 Å². The molecule has 3 heteroatoms. The predicted molar refractivity (Wildman–Crippen MR) is 73.0 cm³/mol. The van der Waals surface area contributed by atoms with Gasteiger partial charge in [0.2, 0.25) is 8.32 Å². The first kappa shape index (κ1) is 15.7. The summed E-state index contributed by atoms with van der Waals surface area (Å²) in [6, 6.07) is 0. The number of hydrogen-bond acceptors (Lipinski definition) is 2. The van der Waals surface area contributed by atoms with Gasteiger partial charge in [0.05, 0.1) is 12.4 Å². The molecule has 2 nitrogen and oxygen atoms in total. The summed E-state index contributed by atoms with van der Waals surface area (Å²) < 4.78 is 5.90. The zero-order chi connectivity index (χ0) is 12.8. The molecule has 16 heavy (non-hydrogen) atoms. The minimum Gasteiger partial charge on any atom is -0.549 e. The Kier molecular flexibility index (Phi) is 6.34. The van der Waals surface area contributed by atoms with Gasteiger partial charge in [-0.1, -0.05) is 26.8 Å². The molecule has 0 spiro atoms. The summed E-state index contributed by atoms with van der Waals surface area (Å²) in [5, 5.41) is 9.36. The van der Waals surface area contributed by atoms with E-state index in [1.165, 1.54) is 0 Å². The van der Waals surface area contributed by atoms with Crippen LogP contribution in [0.1, 0.15) is 47.0 Å². The van der Waals surface area contributed by atoms with Gasteiger partial charge in [0.15, 0.2) is 0 Å². The van der Waals surface area contributed by atoms with Crippen LogP contribution in [-0.4, -0.2) is 19.5 Å². The molecule has 0 saturated heterocycles. The Morgan fingerprint density at radius 3 is 2.31 bits per heavy atom. The van der Waals surface area contributed by atoms with E-state index in [4.69, 9.17) is 9.53 Å². The van der Waals surface area contributed by atoms with Crippen LogP contribution in [0.5, 0.6) is 0 Å². The van der Waals surface area contributed by atoms with Gasteiger partial charge in [-0.2, -0.15) is 0 Å². The number of aliphatic hydroxyl groups is 1. The minimum absolute atomic E-state index is 0.185. The van der Waals surface area contributed by atoms with E-state index in [2.05, 4.69) is 39.9 Å². The molecule has 0 aliphatic heterocycles. The minimum atomic E-state index is -1.62. The van der Waals surface area contributed by atoms with Crippen molar-refractivity contribution < 1.29 is 9.53 Å². The Bertz CT molecular complexity index is 214. The lowest BCUT2D eigenvalue weighted by Crippen LogP contribution is -2.39. The standard InChI is InChI=1S/C13H28O2Si/c1-12(14)10-8-7-9-11-15-16(5,6)13(2,3)4/h9,11-12,14H,7-8,10H2,1-6H3/b11-9+. The van der Waals surface area contributed by atoms with Gasteiger partial charge in [0.1, 0.15) is 0 Å². The van der Waals surface area contributed by atoms with Crippen LogP contribution >= 0.6 is 0 Å². The van der Waals surface area contributed by atoms with Crippen molar-refractivity contribution >= 4 is 8.32 Å². The molecule has 0 aliphatic rings. The average Bonchev–Trinajstić information content (AvgIpc) is 2.08. The summed E-state index contributed by atoms with van der Waals surface area (Å²) >= 11 is 0. The van der Waals surface area contributed by atoms with Crippen molar-refractivity contribution in [2.24, 2.45) is 0 Å². The van der Waals surface area contributed by atoms with E-state index < -0.39 is 8.32 Å². The van der Waals surface area contributed by atoms with Crippen molar-refractivity contribution in [1.29, 1.82) is 0 Å². The molecule has 96 valence electrons. The highest BCUT2D eigenvalue weighted by atomic mass is 28.4. The number of rotatable bonds is 6. The summed E-state index contributed by atoms with van der Waals surface area (Å²) in [5.74, 6) is 0. The molecular formula is C13H28O2Si. The van der Waals surface area contributed by atoms with Crippen LogP contribution in [0.3, 0.4) is 0 Å². The molecule has 1 N–H and O–H groups in total. The molecule has 0 rings (SSSR count). The second-order valence-corrected chi connectivity index (χ2v) is 10.8. The van der Waals surface area contributed by atoms with Crippen molar-refractivity contribution in [2.75, 3.05) is 0 Å². The van der Waals surface area contributed by atoms with Crippen LogP contribution in [0.15, 0.2) is 12.3 Å². The fourth-order valence-electron chi connectivity index (χ4n) is 0.994. The van der Waals surface area contributed by atoms with Crippen LogP contribution in [0.25, 0.3) is 0 Å². The van der Waals surface area contributed by atoms with Crippen LogP contribution in [-0.2, 0) is 4.43 Å². The lowest BCUT2D eigenvalue weighted by molar-refractivity contribution is 0.182. The molecule has 0 aromatic heterocycles. The van der Waals surface area contributed by atoms with Crippen molar-refractivity contribution in [2.45, 2.75) is 71.2 Å². The molecule has 0 bridgehead atoms. The average molecular weight is 244 g/mol. The Hall–Kier alpha value is -0.283. The van der Waals surface area contributed by atoms with Crippen LogP contribution in [0.2, 0.25) is 18.1 Å². The molecule has 0 heterocycles. The Balaban J connectivity index is 3.84. The highest BCUT2D eigenvalue weighted by Crippen LogP contribution is 2.36. The van der Waals surface area contributed by atoms with Gasteiger partial charge in [0, 0.05) is 0 Å². The smallest absolute Gasteiger partial charge is 0.249 e. The van der Waals surface area contributed by atoms with E-state index in [-0.39, 0.29) is 11.1 Å². The van der Waals surface area contributed by atoms with Gasteiger partial charge in [0.25, 0.3) is 0 Å². The maximum absolute atomic E-state index is 9.10. The van der Waals surface area contributed by atoms with E-state index in [1.807, 2.05) is 13.2 Å². The third-order valence-electron chi connectivity index (χ3n) is 3.26. The lowest BCUT2D eigenvalue weighted by atomic mass is 10.2. The highest BCUT2D eigenvalue weighted by molar-refractivity contribution is 6.74. The summed E-state index contributed by atoms with van der Waals surface area (Å²) in [5.41, 5.74) is 0. The molecule has 0 aliphatic carbocycles. The molecule has 0 fully saturated rings. The monoisotopic (exact) mass is 244 g/mol. The number of aliphatic hydroxyl groups excluding tert-OH is 1. The topological polar surface area (TPSA) is 29.5 Å². The molecule has 1 atom stereocenters. The SMILES string of the molecule is CC(O)CCC/C=C/O[Si](C)(C)C(C)(C)C. The number of unbranched alkanes of at least 4 members (excludes halogenated alkanes) is 1. The van der Waals surface area contributed by atoms with Crippen molar-refractivity contribution in [3.05, 3.63) is 12.3 Å². The van der Waals surface area contributed by atoms with E-state index in [1.54, 1.807) is 0 Å². The van der Waals surface area contributed by atoms with Gasteiger partial charge in [-0.3, -0.25) is 0 Å². The number of hydrogen-bond donors (Lipinski definition) is 1. The van der Waals surface area contributed by atoms with Crippen molar-refractivity contribution in [3.63, 3.8) is 0 Å². The van der Waals surface area contributed by atoms with Gasteiger partial charge >= 0.3 is 0 Å². The fourth-order valence-corrected chi connectivity index (χ4v) is 1.78. The first-order valence-electron chi connectivity index (χ1n) is 6.18. The lowest BCUT2D eigenvalue weighted by Gasteiger charge is -2.34. The Labute approximate surface area is 102 Å². The van der Waals surface area contributed by atoms with Crippen molar-refractivity contribution in [3.8, 4) is 0 Å². The highest BCUT2D eigenvalue weighted by Gasteiger charge is 2.37. The molecule has 1 unspecified atom stereocenters. The molecule has 0 amide bonds. The normalized spacial score (nSPS) is 15.4. The zero-order valence-corrected chi connectivity index (χ0v) is 12.7. The van der Waals surface area contributed by atoms with E-state index in [9.17, 15) is 0 Å². The van der Waals surface area contributed by atoms with Gasteiger partial charge in [-0.15, -0.1) is 0 Å². The molecule has 0 aromatic rings. The summed E-state index contributed by atoms with van der Waals surface area (Å²) in [4.78, 5) is 0. The largest absolute Gasteiger partial charge is 0.549 e. The second-order valence-electron chi connectivity index (χ2n) is 6.03. The maximum atomic E-state index is 9.10. The summed E-state index contributed by atoms with van der Waals surface area (Å²) in [7, 11) is -1.62. The van der Waals surface area contributed by atoms with Crippen LogP contribution < -0.4 is 0 Å². The van der Waals surface area contributed by atoms with E-state index in [0.29, 0.717) is 0 Å². The molecular weight excluding hydrogens is 216 g/mol. The van der Waals surface area contributed by atoms with Gasteiger partial charge in [-0.25, -0.2) is 0 Å². The Morgan fingerprint density at radius 2 is 1.88 bits per heavy atom. The number of allylic oxidation sites excluding steroid dienone is 1. The summed E-state index contributed by atoms with van der Waals surface area (Å²) in [6.45, 7) is 13.0. The predicted octanol–water partition coefficient (Wildman–Crippen LogP) is 4.07. The van der Waals surface area contributed by atoms with E-state index in [0.717, 1.165) is 19.3 Å².